The Morgan fingerprint density at radius 1 is 1.32 bits per heavy atom. The number of aromatic nitrogens is 2. The summed E-state index contributed by atoms with van der Waals surface area (Å²) in [4.78, 5) is 26.5. The molecule has 0 saturated carbocycles. The SMILES string of the molecule is Cc1[nH]c(=O)[nH]c(=O)c1S(=O)(=O)N[C@H](C)CCc1ccco1. The molecule has 3 N–H and O–H groups in total. The van der Waals surface area contributed by atoms with Gasteiger partial charge in [0.25, 0.3) is 5.56 Å². The number of rotatable bonds is 6. The number of hydrogen-bond acceptors (Lipinski definition) is 5. The van der Waals surface area contributed by atoms with E-state index in [1.807, 2.05) is 4.98 Å². The molecule has 0 spiro atoms. The largest absolute Gasteiger partial charge is 0.469 e. The van der Waals surface area contributed by atoms with Crippen LogP contribution in [-0.2, 0) is 16.4 Å². The normalized spacial score (nSPS) is 13.2. The van der Waals surface area contributed by atoms with E-state index in [0.29, 0.717) is 12.8 Å². The molecule has 0 radical (unpaired) electrons. The highest BCUT2D eigenvalue weighted by Gasteiger charge is 2.24. The third-order valence-corrected chi connectivity index (χ3v) is 4.85. The van der Waals surface area contributed by atoms with Crippen LogP contribution in [0.2, 0.25) is 0 Å². The molecule has 0 fully saturated rings. The summed E-state index contributed by atoms with van der Waals surface area (Å²) in [6, 6.07) is 3.16. The monoisotopic (exact) mass is 327 g/mol. The molecular formula is C13H17N3O5S. The summed E-state index contributed by atoms with van der Waals surface area (Å²) in [5, 5.41) is 0. The Kier molecular flexibility index (Phi) is 4.67. The second-order valence-corrected chi connectivity index (χ2v) is 6.65. The zero-order valence-corrected chi connectivity index (χ0v) is 13.0. The first-order valence-electron chi connectivity index (χ1n) is 6.67. The Bertz CT molecular complexity index is 849. The van der Waals surface area contributed by atoms with E-state index in [1.165, 1.54) is 6.92 Å². The lowest BCUT2D eigenvalue weighted by Crippen LogP contribution is -2.38. The van der Waals surface area contributed by atoms with E-state index in [0.717, 1.165) is 5.76 Å². The molecule has 0 bridgehead atoms. The van der Waals surface area contributed by atoms with Crippen LogP contribution < -0.4 is 16.0 Å². The van der Waals surface area contributed by atoms with Crippen molar-refractivity contribution in [2.75, 3.05) is 0 Å². The average Bonchev–Trinajstić information content (AvgIpc) is 2.86. The van der Waals surface area contributed by atoms with Crippen LogP contribution in [0.4, 0.5) is 0 Å². The van der Waals surface area contributed by atoms with E-state index in [9.17, 15) is 18.0 Å². The van der Waals surface area contributed by atoms with Crippen molar-refractivity contribution >= 4 is 10.0 Å². The molecule has 0 aromatic carbocycles. The fraction of sp³-hybridized carbons (Fsp3) is 0.385. The minimum absolute atomic E-state index is 0.000477. The Labute approximate surface area is 126 Å². The fourth-order valence-corrected chi connectivity index (χ4v) is 3.62. The number of furan rings is 1. The van der Waals surface area contributed by atoms with Crippen molar-refractivity contribution in [3.63, 3.8) is 0 Å². The van der Waals surface area contributed by atoms with Crippen LogP contribution in [0, 0.1) is 6.92 Å². The maximum absolute atomic E-state index is 12.3. The molecule has 2 aromatic heterocycles. The van der Waals surface area contributed by atoms with Gasteiger partial charge in [-0.3, -0.25) is 9.78 Å². The lowest BCUT2D eigenvalue weighted by atomic mass is 10.2. The zero-order chi connectivity index (χ0) is 16.3. The number of hydrogen-bond donors (Lipinski definition) is 3. The molecule has 0 amide bonds. The molecule has 0 aliphatic rings. The maximum atomic E-state index is 12.3. The van der Waals surface area contributed by atoms with Gasteiger partial charge in [-0.1, -0.05) is 0 Å². The van der Waals surface area contributed by atoms with Crippen LogP contribution >= 0.6 is 0 Å². The molecule has 8 nitrogen and oxygen atoms in total. The highest BCUT2D eigenvalue weighted by molar-refractivity contribution is 7.89. The minimum atomic E-state index is -4.02. The molecule has 0 aliphatic carbocycles. The molecule has 0 saturated heterocycles. The molecule has 22 heavy (non-hydrogen) atoms. The molecule has 2 heterocycles. The van der Waals surface area contributed by atoms with Gasteiger partial charge in [-0.05, 0) is 32.4 Å². The quantitative estimate of drug-likeness (QED) is 0.702. The van der Waals surface area contributed by atoms with Gasteiger partial charge in [0.05, 0.1) is 6.26 Å². The number of aryl methyl sites for hydroxylation is 2. The smallest absolute Gasteiger partial charge is 0.325 e. The second-order valence-electron chi connectivity index (χ2n) is 5.00. The average molecular weight is 327 g/mol. The van der Waals surface area contributed by atoms with Crippen LogP contribution in [0.3, 0.4) is 0 Å². The van der Waals surface area contributed by atoms with Gasteiger partial charge < -0.3 is 9.40 Å². The van der Waals surface area contributed by atoms with Gasteiger partial charge in [0.1, 0.15) is 5.76 Å². The lowest BCUT2D eigenvalue weighted by molar-refractivity contribution is 0.479. The second kappa shape index (κ2) is 6.32. The third-order valence-electron chi connectivity index (χ3n) is 3.10. The predicted octanol–water partition coefficient (Wildman–Crippen LogP) is 0.264. The molecule has 0 unspecified atom stereocenters. The van der Waals surface area contributed by atoms with Crippen molar-refractivity contribution in [1.82, 2.24) is 14.7 Å². The molecule has 2 rings (SSSR count). The number of sulfonamides is 1. The summed E-state index contributed by atoms with van der Waals surface area (Å²) in [6.45, 7) is 3.05. The van der Waals surface area contributed by atoms with E-state index in [-0.39, 0.29) is 5.69 Å². The van der Waals surface area contributed by atoms with Gasteiger partial charge in [-0.25, -0.2) is 17.9 Å². The molecule has 1 atom stereocenters. The fourth-order valence-electron chi connectivity index (χ4n) is 2.11. The molecule has 0 aliphatic heterocycles. The summed E-state index contributed by atoms with van der Waals surface area (Å²) in [5.74, 6) is 0.754. The van der Waals surface area contributed by atoms with E-state index in [4.69, 9.17) is 4.42 Å². The Balaban J connectivity index is 2.14. The number of nitrogens with one attached hydrogen (secondary N) is 3. The van der Waals surface area contributed by atoms with Crippen molar-refractivity contribution in [2.24, 2.45) is 0 Å². The molecule has 120 valence electrons. The van der Waals surface area contributed by atoms with Crippen molar-refractivity contribution in [3.8, 4) is 0 Å². The van der Waals surface area contributed by atoms with Crippen LogP contribution in [0.25, 0.3) is 0 Å². The summed E-state index contributed by atoms with van der Waals surface area (Å²) < 4.78 is 32.2. The first-order valence-corrected chi connectivity index (χ1v) is 8.16. The van der Waals surface area contributed by atoms with E-state index in [1.54, 1.807) is 25.3 Å². The van der Waals surface area contributed by atoms with E-state index < -0.39 is 32.2 Å². The van der Waals surface area contributed by atoms with Gasteiger partial charge in [-0.2, -0.15) is 0 Å². The minimum Gasteiger partial charge on any atom is -0.469 e. The van der Waals surface area contributed by atoms with E-state index in [2.05, 4.69) is 9.71 Å². The van der Waals surface area contributed by atoms with Crippen molar-refractivity contribution in [2.45, 2.75) is 37.6 Å². The number of aromatic amines is 2. The first kappa shape index (κ1) is 16.2. The van der Waals surface area contributed by atoms with Gasteiger partial charge in [0.2, 0.25) is 10.0 Å². The highest BCUT2D eigenvalue weighted by Crippen LogP contribution is 2.10. The van der Waals surface area contributed by atoms with Crippen LogP contribution in [0.5, 0.6) is 0 Å². The molecule has 9 heteroatoms. The van der Waals surface area contributed by atoms with Crippen molar-refractivity contribution in [3.05, 3.63) is 50.7 Å². The Hall–Kier alpha value is -2.13. The van der Waals surface area contributed by atoms with Gasteiger partial charge in [0.15, 0.2) is 4.90 Å². The van der Waals surface area contributed by atoms with Gasteiger partial charge in [-0.15, -0.1) is 0 Å². The maximum Gasteiger partial charge on any atom is 0.325 e. The summed E-state index contributed by atoms with van der Waals surface area (Å²) >= 11 is 0. The topological polar surface area (TPSA) is 125 Å². The highest BCUT2D eigenvalue weighted by atomic mass is 32.2. The zero-order valence-electron chi connectivity index (χ0n) is 12.2. The summed E-state index contributed by atoms with van der Waals surface area (Å²) in [5.41, 5.74) is -1.68. The standard InChI is InChI=1S/C13H17N3O5S/c1-8(5-6-10-4-3-7-21-10)16-22(19,20)11-9(2)14-13(18)15-12(11)17/h3-4,7-8,16H,5-6H2,1-2H3,(H2,14,15,17,18)/t8-/m1/s1. The molecule has 2 aromatic rings. The van der Waals surface area contributed by atoms with Crippen LogP contribution in [0.15, 0.2) is 37.3 Å². The number of H-pyrrole nitrogens is 2. The summed E-state index contributed by atoms with van der Waals surface area (Å²) in [6.07, 6.45) is 2.62. The predicted molar refractivity (Wildman–Crippen MR) is 79.2 cm³/mol. The van der Waals surface area contributed by atoms with Crippen molar-refractivity contribution in [1.29, 1.82) is 0 Å². The lowest BCUT2D eigenvalue weighted by Gasteiger charge is -2.14. The van der Waals surface area contributed by atoms with E-state index >= 15 is 0 Å². The van der Waals surface area contributed by atoms with Crippen molar-refractivity contribution < 1.29 is 12.8 Å². The third kappa shape index (κ3) is 3.74. The van der Waals surface area contributed by atoms with Crippen LogP contribution in [-0.4, -0.2) is 24.4 Å². The van der Waals surface area contributed by atoms with Gasteiger partial charge >= 0.3 is 5.69 Å². The summed E-state index contributed by atoms with van der Waals surface area (Å²) in [7, 11) is -4.02. The van der Waals surface area contributed by atoms with Crippen LogP contribution in [0.1, 0.15) is 24.8 Å². The molecular weight excluding hydrogens is 310 g/mol. The Morgan fingerprint density at radius 2 is 2.05 bits per heavy atom. The Morgan fingerprint density at radius 3 is 2.64 bits per heavy atom. The first-order chi connectivity index (χ1) is 10.3. The van der Waals surface area contributed by atoms with Gasteiger partial charge in [0, 0.05) is 18.2 Å².